The maximum Gasteiger partial charge on any atom is 0.0467 e. The minimum Gasteiger partial charge on any atom is -0.310 e. The maximum atomic E-state index is 2.42. The van der Waals surface area contributed by atoms with Gasteiger partial charge < -0.3 is 9.80 Å². The topological polar surface area (TPSA) is 6.48 Å². The van der Waals surface area contributed by atoms with E-state index in [9.17, 15) is 0 Å². The van der Waals surface area contributed by atoms with Crippen molar-refractivity contribution >= 4 is 34.1 Å². The molecule has 0 unspecified atom stereocenters. The third-order valence-corrected chi connectivity index (χ3v) is 12.1. The highest BCUT2D eigenvalue weighted by Crippen LogP contribution is 2.50. The summed E-state index contributed by atoms with van der Waals surface area (Å²) in [6, 6.07) is 74.7. The second-order valence-corrected chi connectivity index (χ2v) is 16.9. The molecule has 8 aromatic rings. The van der Waals surface area contributed by atoms with Crippen LogP contribution in [-0.2, 0) is 10.8 Å². The summed E-state index contributed by atoms with van der Waals surface area (Å²) in [6.45, 7) is 9.65. The fraction of sp³-hybridized carbons (Fsp3) is 0.143. The SMILES string of the molecule is CC1(C)CCC(C)(C)c2c(-c3cccc(N(c4ccccc4)c4ccc(-c5ccc(N(c6ccccc6)c6cccc(-c7ccccc7)c6)cc5)cc4)c3)cccc21. The van der Waals surface area contributed by atoms with Gasteiger partial charge in [0.15, 0.2) is 0 Å². The summed E-state index contributed by atoms with van der Waals surface area (Å²) in [6.07, 6.45) is 2.39. The quantitative estimate of drug-likeness (QED) is 0.145. The molecule has 2 nitrogen and oxygen atoms in total. The molecule has 0 heterocycles. The van der Waals surface area contributed by atoms with Crippen LogP contribution in [0.1, 0.15) is 51.7 Å². The average molecular weight is 751 g/mol. The molecule has 58 heavy (non-hydrogen) atoms. The molecule has 0 aromatic heterocycles. The lowest BCUT2D eigenvalue weighted by Gasteiger charge is -2.43. The fourth-order valence-corrected chi connectivity index (χ4v) is 8.89. The van der Waals surface area contributed by atoms with E-state index in [1.54, 1.807) is 0 Å². The zero-order chi connectivity index (χ0) is 39.7. The average Bonchev–Trinajstić information content (AvgIpc) is 3.27. The Morgan fingerprint density at radius 2 is 0.690 bits per heavy atom. The van der Waals surface area contributed by atoms with Crippen LogP contribution in [-0.4, -0.2) is 0 Å². The molecule has 284 valence electrons. The van der Waals surface area contributed by atoms with Gasteiger partial charge >= 0.3 is 0 Å². The largest absolute Gasteiger partial charge is 0.310 e. The zero-order valence-corrected chi connectivity index (χ0v) is 33.9. The number of anilines is 6. The highest BCUT2D eigenvalue weighted by Gasteiger charge is 2.38. The van der Waals surface area contributed by atoms with Crippen LogP contribution >= 0.6 is 0 Å². The van der Waals surface area contributed by atoms with Crippen LogP contribution in [0.25, 0.3) is 33.4 Å². The molecule has 0 bridgehead atoms. The first-order valence-electron chi connectivity index (χ1n) is 20.6. The lowest BCUT2D eigenvalue weighted by molar-refractivity contribution is 0.333. The van der Waals surface area contributed by atoms with Crippen molar-refractivity contribution in [1.82, 2.24) is 0 Å². The van der Waals surface area contributed by atoms with Crippen molar-refractivity contribution in [2.45, 2.75) is 51.4 Å². The first kappa shape index (κ1) is 37.0. The molecule has 1 aliphatic rings. The van der Waals surface area contributed by atoms with Crippen LogP contribution in [0.3, 0.4) is 0 Å². The minimum atomic E-state index is 0.109. The molecule has 9 rings (SSSR count). The molecule has 0 N–H and O–H groups in total. The summed E-state index contributed by atoms with van der Waals surface area (Å²) in [5.74, 6) is 0. The number of hydrogen-bond donors (Lipinski definition) is 0. The number of fused-ring (bicyclic) bond motifs is 1. The van der Waals surface area contributed by atoms with Crippen LogP contribution in [0.4, 0.5) is 34.1 Å². The van der Waals surface area contributed by atoms with Crippen LogP contribution < -0.4 is 9.80 Å². The monoisotopic (exact) mass is 750 g/mol. The lowest BCUT2D eigenvalue weighted by Crippen LogP contribution is -2.34. The second-order valence-electron chi connectivity index (χ2n) is 16.9. The molecule has 2 heteroatoms. The normalized spacial score (nSPS) is 14.0. The third kappa shape index (κ3) is 7.23. The van der Waals surface area contributed by atoms with Gasteiger partial charge in [0.05, 0.1) is 0 Å². The van der Waals surface area contributed by atoms with Crippen molar-refractivity contribution in [3.8, 4) is 33.4 Å². The van der Waals surface area contributed by atoms with E-state index in [1.807, 2.05) is 0 Å². The number of nitrogens with zero attached hydrogens (tertiary/aromatic N) is 2. The van der Waals surface area contributed by atoms with E-state index in [2.05, 4.69) is 244 Å². The Kier molecular flexibility index (Phi) is 9.79. The van der Waals surface area contributed by atoms with Crippen molar-refractivity contribution in [1.29, 1.82) is 0 Å². The van der Waals surface area contributed by atoms with Crippen molar-refractivity contribution < 1.29 is 0 Å². The molecule has 0 radical (unpaired) electrons. The van der Waals surface area contributed by atoms with E-state index < -0.39 is 0 Å². The van der Waals surface area contributed by atoms with Gasteiger partial charge in [-0.3, -0.25) is 0 Å². The summed E-state index contributed by atoms with van der Waals surface area (Å²) in [4.78, 5) is 4.71. The lowest BCUT2D eigenvalue weighted by atomic mass is 9.61. The van der Waals surface area contributed by atoms with E-state index >= 15 is 0 Å². The Hall–Kier alpha value is -6.64. The molecule has 0 fully saturated rings. The van der Waals surface area contributed by atoms with Crippen LogP contribution in [0.5, 0.6) is 0 Å². The van der Waals surface area contributed by atoms with Crippen LogP contribution in [0.15, 0.2) is 206 Å². The second kappa shape index (κ2) is 15.4. The highest BCUT2D eigenvalue weighted by atomic mass is 15.1. The van der Waals surface area contributed by atoms with Crippen molar-refractivity contribution in [3.05, 3.63) is 217 Å². The third-order valence-electron chi connectivity index (χ3n) is 12.1. The molecule has 0 spiro atoms. The predicted molar refractivity (Wildman–Crippen MR) is 247 cm³/mol. The van der Waals surface area contributed by atoms with E-state index in [4.69, 9.17) is 0 Å². The summed E-state index contributed by atoms with van der Waals surface area (Å²) >= 11 is 0. The maximum absolute atomic E-state index is 2.42. The van der Waals surface area contributed by atoms with Crippen molar-refractivity contribution in [2.75, 3.05) is 9.80 Å². The first-order valence-corrected chi connectivity index (χ1v) is 20.6. The summed E-state index contributed by atoms with van der Waals surface area (Å²) in [5.41, 5.74) is 17.3. The summed E-state index contributed by atoms with van der Waals surface area (Å²) in [5, 5.41) is 0. The van der Waals surface area contributed by atoms with Crippen molar-refractivity contribution in [3.63, 3.8) is 0 Å². The summed E-state index contributed by atoms with van der Waals surface area (Å²) < 4.78 is 0. The molecular formula is C56H50N2. The van der Waals surface area contributed by atoms with Gasteiger partial charge in [-0.15, -0.1) is 0 Å². The molecule has 8 aromatic carbocycles. The Morgan fingerprint density at radius 1 is 0.310 bits per heavy atom. The molecule has 1 aliphatic carbocycles. The number of benzene rings is 8. The van der Waals surface area contributed by atoms with E-state index in [-0.39, 0.29) is 10.8 Å². The molecular weight excluding hydrogens is 701 g/mol. The van der Waals surface area contributed by atoms with E-state index in [0.717, 1.165) is 34.1 Å². The zero-order valence-electron chi connectivity index (χ0n) is 33.9. The van der Waals surface area contributed by atoms with Gasteiger partial charge in [-0.2, -0.15) is 0 Å². The summed E-state index contributed by atoms with van der Waals surface area (Å²) in [7, 11) is 0. The van der Waals surface area contributed by atoms with E-state index in [0.29, 0.717) is 0 Å². The van der Waals surface area contributed by atoms with Gasteiger partial charge in [-0.1, -0.05) is 161 Å². The first-order chi connectivity index (χ1) is 28.2. The Morgan fingerprint density at radius 3 is 1.22 bits per heavy atom. The fourth-order valence-electron chi connectivity index (χ4n) is 8.89. The Bertz CT molecular complexity index is 2640. The smallest absolute Gasteiger partial charge is 0.0467 e. The molecule has 0 atom stereocenters. The predicted octanol–water partition coefficient (Wildman–Crippen LogP) is 16.0. The standard InChI is InChI=1S/C56H50N2/c1-55(2)37-38-56(3,4)54-52(27-16-28-53(54)55)45-20-15-26-51(40-45)58(47-23-12-7-13-24-47)49-35-31-43(32-36-49)42-29-33-48(34-30-42)57(46-21-10-6-11-22-46)50-25-14-19-44(39-50)41-17-8-5-9-18-41/h5-36,39-40H,37-38H2,1-4H3. The number of para-hydroxylation sites is 2. The van der Waals surface area contributed by atoms with E-state index in [1.165, 1.54) is 57.3 Å². The van der Waals surface area contributed by atoms with Gasteiger partial charge in [-0.05, 0) is 141 Å². The Balaban J connectivity index is 1.05. The highest BCUT2D eigenvalue weighted by molar-refractivity contribution is 5.84. The van der Waals surface area contributed by atoms with Gasteiger partial charge in [0, 0.05) is 34.1 Å². The Labute approximate surface area is 344 Å². The van der Waals surface area contributed by atoms with Gasteiger partial charge in [0.2, 0.25) is 0 Å². The van der Waals surface area contributed by atoms with Crippen LogP contribution in [0.2, 0.25) is 0 Å². The molecule has 0 saturated heterocycles. The molecule has 0 amide bonds. The molecule has 0 aliphatic heterocycles. The van der Waals surface area contributed by atoms with Gasteiger partial charge in [0.25, 0.3) is 0 Å². The number of hydrogen-bond acceptors (Lipinski definition) is 2. The van der Waals surface area contributed by atoms with Gasteiger partial charge in [0.1, 0.15) is 0 Å². The van der Waals surface area contributed by atoms with Crippen LogP contribution in [0, 0.1) is 0 Å². The molecule has 0 saturated carbocycles. The van der Waals surface area contributed by atoms with Gasteiger partial charge in [-0.25, -0.2) is 0 Å². The minimum absolute atomic E-state index is 0.109. The number of rotatable bonds is 9. The van der Waals surface area contributed by atoms with Crippen molar-refractivity contribution in [2.24, 2.45) is 0 Å².